The van der Waals surface area contributed by atoms with Gasteiger partial charge in [0.15, 0.2) is 0 Å². The predicted molar refractivity (Wildman–Crippen MR) is 57.2 cm³/mol. The lowest BCUT2D eigenvalue weighted by Crippen LogP contribution is -2.28. The van der Waals surface area contributed by atoms with Gasteiger partial charge in [-0.15, -0.1) is 11.3 Å². The molecule has 78 valence electrons. The van der Waals surface area contributed by atoms with Gasteiger partial charge in [-0.1, -0.05) is 0 Å². The molecule has 0 atom stereocenters. The number of carbonyl (C=O) groups is 1. The maximum atomic E-state index is 11.5. The van der Waals surface area contributed by atoms with Crippen LogP contribution in [-0.2, 0) is 4.57 Å². The van der Waals surface area contributed by atoms with Crippen molar-refractivity contribution in [2.24, 2.45) is 11.0 Å². The molecule has 0 bridgehead atoms. The summed E-state index contributed by atoms with van der Waals surface area (Å²) in [6.45, 7) is 3.70. The van der Waals surface area contributed by atoms with E-state index in [9.17, 15) is 9.36 Å². The van der Waals surface area contributed by atoms with Crippen molar-refractivity contribution in [2.75, 3.05) is 0 Å². The number of rotatable bonds is 2. The second-order valence-corrected chi connectivity index (χ2v) is 6.08. The van der Waals surface area contributed by atoms with Crippen molar-refractivity contribution in [3.8, 4) is 0 Å². The van der Waals surface area contributed by atoms with E-state index in [1.165, 1.54) is 11.3 Å². The van der Waals surface area contributed by atoms with E-state index < -0.39 is 13.5 Å². The molecule has 14 heavy (non-hydrogen) atoms. The van der Waals surface area contributed by atoms with Crippen molar-refractivity contribution in [1.82, 2.24) is 5.09 Å². The van der Waals surface area contributed by atoms with E-state index in [4.69, 9.17) is 11.0 Å². The summed E-state index contributed by atoms with van der Waals surface area (Å²) in [4.78, 5) is 13.3. The fraction of sp³-hybridized carbons (Fsp3) is 0.286. The maximum Gasteiger partial charge on any atom is 0.300 e. The highest BCUT2D eigenvalue weighted by Gasteiger charge is 2.17. The Balaban J connectivity index is 2.90. The maximum absolute atomic E-state index is 11.5. The minimum absolute atomic E-state index is 0.476. The molecule has 5 N–H and O–H groups in total. The molecule has 0 aliphatic heterocycles. The number of nitrogens with one attached hydrogen (secondary N) is 1. The highest BCUT2D eigenvalue weighted by Crippen LogP contribution is 2.24. The van der Waals surface area contributed by atoms with E-state index in [0.29, 0.717) is 5.56 Å². The van der Waals surface area contributed by atoms with E-state index in [2.05, 4.69) is 5.09 Å². The summed E-state index contributed by atoms with van der Waals surface area (Å²) < 4.78 is 10.9. The highest BCUT2D eigenvalue weighted by atomic mass is 32.1. The minimum atomic E-state index is -3.49. The lowest BCUT2D eigenvalue weighted by molar-refractivity contribution is 0.0980. The van der Waals surface area contributed by atoms with Gasteiger partial charge in [0.05, 0.1) is 5.56 Å². The summed E-state index contributed by atoms with van der Waals surface area (Å²) in [5, 5.41) is 2.07. The minimum Gasteiger partial charge on any atom is -0.279 e. The average Bonchev–Trinajstić information content (AvgIpc) is 2.26. The van der Waals surface area contributed by atoms with Gasteiger partial charge in [0.1, 0.15) is 0 Å². The van der Waals surface area contributed by atoms with Crippen LogP contribution in [0.5, 0.6) is 0 Å². The summed E-state index contributed by atoms with van der Waals surface area (Å²) >= 11 is 1.49. The molecule has 0 aliphatic carbocycles. The highest BCUT2D eigenvalue weighted by molar-refractivity contribution is 7.57. The van der Waals surface area contributed by atoms with Crippen molar-refractivity contribution >= 4 is 24.8 Å². The van der Waals surface area contributed by atoms with E-state index in [1.807, 2.05) is 13.8 Å². The zero-order chi connectivity index (χ0) is 10.9. The molecule has 1 heterocycles. The Bertz CT molecular complexity index is 409. The van der Waals surface area contributed by atoms with Crippen LogP contribution in [0.2, 0.25) is 0 Å². The van der Waals surface area contributed by atoms with Gasteiger partial charge in [-0.2, -0.15) is 0 Å². The SMILES string of the molecule is Cc1cc(C(=O)NP(N)(N)=O)c(C)s1. The van der Waals surface area contributed by atoms with Crippen LogP contribution in [-0.4, -0.2) is 5.91 Å². The van der Waals surface area contributed by atoms with Crippen molar-refractivity contribution < 1.29 is 9.36 Å². The van der Waals surface area contributed by atoms with E-state index >= 15 is 0 Å². The van der Waals surface area contributed by atoms with Gasteiger partial charge in [0.25, 0.3) is 5.91 Å². The number of amides is 1. The van der Waals surface area contributed by atoms with Crippen LogP contribution in [0.25, 0.3) is 0 Å². The number of carbonyl (C=O) groups excluding carboxylic acids is 1. The Morgan fingerprint density at radius 3 is 2.43 bits per heavy atom. The normalized spacial score (nSPS) is 11.4. The monoisotopic (exact) mass is 233 g/mol. The van der Waals surface area contributed by atoms with E-state index in [1.54, 1.807) is 6.07 Å². The second-order valence-electron chi connectivity index (χ2n) is 2.98. The fourth-order valence-electron chi connectivity index (χ4n) is 1.08. The number of hydrogen-bond acceptors (Lipinski definition) is 3. The largest absolute Gasteiger partial charge is 0.300 e. The number of hydrogen-bond donors (Lipinski definition) is 3. The predicted octanol–water partition coefficient (Wildman–Crippen LogP) is 1.12. The zero-order valence-corrected chi connectivity index (χ0v) is 9.61. The molecular weight excluding hydrogens is 221 g/mol. The van der Waals surface area contributed by atoms with Crippen LogP contribution < -0.4 is 16.1 Å². The zero-order valence-electron chi connectivity index (χ0n) is 7.90. The Labute approximate surface area is 86.0 Å². The van der Waals surface area contributed by atoms with E-state index in [-0.39, 0.29) is 0 Å². The molecule has 5 nitrogen and oxygen atoms in total. The lowest BCUT2D eigenvalue weighted by Gasteiger charge is -2.07. The van der Waals surface area contributed by atoms with Crippen LogP contribution in [0.15, 0.2) is 6.07 Å². The number of aryl methyl sites for hydroxylation is 2. The quantitative estimate of drug-likeness (QED) is 0.666. The van der Waals surface area contributed by atoms with Crippen molar-refractivity contribution in [2.45, 2.75) is 13.8 Å². The van der Waals surface area contributed by atoms with Crippen LogP contribution >= 0.6 is 18.9 Å². The van der Waals surface area contributed by atoms with Crippen molar-refractivity contribution in [3.05, 3.63) is 21.4 Å². The molecule has 1 rings (SSSR count). The third-order valence-electron chi connectivity index (χ3n) is 1.56. The molecule has 0 fully saturated rings. The first-order valence-corrected chi connectivity index (χ1v) is 6.52. The lowest BCUT2D eigenvalue weighted by atomic mass is 10.2. The molecular formula is C7H12N3O2PS. The molecule has 0 radical (unpaired) electrons. The van der Waals surface area contributed by atoms with Crippen molar-refractivity contribution in [1.29, 1.82) is 0 Å². The second kappa shape index (κ2) is 3.82. The molecule has 1 aromatic rings. The number of nitrogens with two attached hydrogens (primary N) is 2. The molecule has 1 amide bonds. The molecule has 0 saturated carbocycles. The molecule has 0 unspecified atom stereocenters. The van der Waals surface area contributed by atoms with Gasteiger partial charge in [-0.3, -0.25) is 25.5 Å². The number of thiophene rings is 1. The first-order valence-electron chi connectivity index (χ1n) is 3.86. The van der Waals surface area contributed by atoms with Gasteiger partial charge < -0.3 is 0 Å². The van der Waals surface area contributed by atoms with E-state index in [0.717, 1.165) is 9.75 Å². The third-order valence-corrected chi connectivity index (χ3v) is 3.08. The smallest absolute Gasteiger partial charge is 0.279 e. The molecule has 7 heteroatoms. The molecule has 0 aromatic carbocycles. The molecule has 1 aromatic heterocycles. The first kappa shape index (κ1) is 11.4. The summed E-state index contributed by atoms with van der Waals surface area (Å²) in [6.07, 6.45) is 0. The molecule has 0 spiro atoms. The van der Waals surface area contributed by atoms with Crippen molar-refractivity contribution in [3.63, 3.8) is 0 Å². The van der Waals surface area contributed by atoms with Crippen LogP contribution in [0.1, 0.15) is 20.1 Å². The Kier molecular flexibility index (Phi) is 3.11. The summed E-state index contributed by atoms with van der Waals surface area (Å²) in [7, 11) is -3.49. The Morgan fingerprint density at radius 2 is 2.07 bits per heavy atom. The molecule has 0 saturated heterocycles. The van der Waals surface area contributed by atoms with Crippen LogP contribution in [0.4, 0.5) is 0 Å². The average molecular weight is 233 g/mol. The first-order chi connectivity index (χ1) is 6.29. The standard InChI is InChI=1S/C7H12N3O2PS/c1-4-3-6(5(2)14-4)7(11)10-13(8,9)12/h3H,1-2H3,(H5,8,9,10,11,12). The summed E-state index contributed by atoms with van der Waals surface area (Å²) in [6, 6.07) is 1.71. The van der Waals surface area contributed by atoms with Gasteiger partial charge in [-0.05, 0) is 19.9 Å². The Morgan fingerprint density at radius 1 is 1.50 bits per heavy atom. The van der Waals surface area contributed by atoms with Gasteiger partial charge in [0, 0.05) is 9.75 Å². The van der Waals surface area contributed by atoms with Gasteiger partial charge >= 0.3 is 7.59 Å². The van der Waals surface area contributed by atoms with Crippen LogP contribution in [0.3, 0.4) is 0 Å². The third kappa shape index (κ3) is 2.92. The summed E-state index contributed by atoms with van der Waals surface area (Å²) in [5.41, 5.74) is 10.5. The Hall–Kier alpha value is -0.680. The fourth-order valence-corrected chi connectivity index (χ4v) is 2.43. The molecule has 0 aliphatic rings. The van der Waals surface area contributed by atoms with Gasteiger partial charge in [-0.25, -0.2) is 0 Å². The topological polar surface area (TPSA) is 98.2 Å². The van der Waals surface area contributed by atoms with Crippen LogP contribution in [0, 0.1) is 13.8 Å². The summed E-state index contributed by atoms with van der Waals surface area (Å²) in [5.74, 6) is -0.486. The van der Waals surface area contributed by atoms with Gasteiger partial charge in [0.2, 0.25) is 0 Å².